The fourth-order valence-electron chi connectivity index (χ4n) is 2.37. The molecule has 1 aromatic rings. The summed E-state index contributed by atoms with van der Waals surface area (Å²) in [5, 5.41) is 14.4. The van der Waals surface area contributed by atoms with Crippen LogP contribution in [0, 0.1) is 0 Å². The quantitative estimate of drug-likeness (QED) is 0.769. The lowest BCUT2D eigenvalue weighted by Crippen LogP contribution is -2.10. The normalized spacial score (nSPS) is 17.5. The van der Waals surface area contributed by atoms with Crippen molar-refractivity contribution in [2.75, 3.05) is 6.54 Å². The van der Waals surface area contributed by atoms with Crippen LogP contribution in [0.3, 0.4) is 0 Å². The summed E-state index contributed by atoms with van der Waals surface area (Å²) in [6.07, 6.45) is 4.71. The molecule has 3 N–H and O–H groups in total. The van der Waals surface area contributed by atoms with E-state index in [-0.39, 0.29) is 0 Å². The zero-order valence-electron chi connectivity index (χ0n) is 9.24. The molecule has 0 radical (unpaired) electrons. The number of hydrogen-bond acceptors (Lipinski definition) is 3. The monoisotopic (exact) mass is 209 g/mol. The number of nitrogens with zero attached hydrogens (tertiary/aromatic N) is 2. The molecule has 84 valence electrons. The summed E-state index contributed by atoms with van der Waals surface area (Å²) in [6.45, 7) is 0.506. The van der Waals surface area contributed by atoms with Gasteiger partial charge in [-0.05, 0) is 44.2 Å². The van der Waals surface area contributed by atoms with Crippen molar-refractivity contribution in [3.8, 4) is 0 Å². The first kappa shape index (κ1) is 10.6. The highest BCUT2D eigenvalue weighted by Gasteiger charge is 2.23. The second kappa shape index (κ2) is 4.33. The first-order valence-corrected chi connectivity index (χ1v) is 5.66. The molecule has 0 fully saturated rings. The van der Waals surface area contributed by atoms with Crippen LogP contribution >= 0.6 is 0 Å². The summed E-state index contributed by atoms with van der Waals surface area (Å²) in [5.41, 5.74) is 8.88. The number of aliphatic hydroxyl groups excluding tert-OH is 1. The third kappa shape index (κ3) is 1.92. The Hall–Kier alpha value is -0.870. The van der Waals surface area contributed by atoms with Crippen molar-refractivity contribution in [1.82, 2.24) is 9.78 Å². The third-order valence-electron chi connectivity index (χ3n) is 3.15. The maximum absolute atomic E-state index is 9.93. The molecule has 1 aliphatic carbocycles. The number of rotatable bonds is 3. The van der Waals surface area contributed by atoms with Gasteiger partial charge in [-0.1, -0.05) is 0 Å². The van der Waals surface area contributed by atoms with E-state index >= 15 is 0 Å². The highest BCUT2D eigenvalue weighted by atomic mass is 16.3. The van der Waals surface area contributed by atoms with Gasteiger partial charge < -0.3 is 10.8 Å². The minimum absolute atomic E-state index is 0.483. The molecule has 1 atom stereocenters. The fraction of sp³-hybridized carbons (Fsp3) is 0.727. The van der Waals surface area contributed by atoms with Crippen LogP contribution in [0.15, 0.2) is 0 Å². The van der Waals surface area contributed by atoms with Crippen LogP contribution in [0.25, 0.3) is 0 Å². The van der Waals surface area contributed by atoms with E-state index in [0.29, 0.717) is 13.0 Å². The molecule has 0 saturated heterocycles. The number of hydrogen-bond donors (Lipinski definition) is 2. The smallest absolute Gasteiger partial charge is 0.0993 e. The number of aromatic nitrogens is 2. The van der Waals surface area contributed by atoms with Crippen molar-refractivity contribution in [3.63, 3.8) is 0 Å². The van der Waals surface area contributed by atoms with Crippen LogP contribution in [-0.2, 0) is 19.9 Å². The summed E-state index contributed by atoms with van der Waals surface area (Å²) in [6, 6.07) is 0. The van der Waals surface area contributed by atoms with Crippen molar-refractivity contribution in [2.24, 2.45) is 12.8 Å². The number of fused-ring (bicyclic) bond motifs is 1. The Bertz CT molecular complexity index is 346. The molecule has 0 aromatic carbocycles. The molecule has 0 bridgehead atoms. The molecular weight excluding hydrogens is 190 g/mol. The van der Waals surface area contributed by atoms with Gasteiger partial charge in [0.1, 0.15) is 0 Å². The van der Waals surface area contributed by atoms with E-state index in [4.69, 9.17) is 5.73 Å². The second-order valence-corrected chi connectivity index (χ2v) is 4.23. The topological polar surface area (TPSA) is 64.1 Å². The van der Waals surface area contributed by atoms with Gasteiger partial charge in [-0.3, -0.25) is 4.68 Å². The summed E-state index contributed by atoms with van der Waals surface area (Å²) in [5.74, 6) is 0. The van der Waals surface area contributed by atoms with E-state index in [0.717, 1.165) is 18.5 Å². The zero-order valence-corrected chi connectivity index (χ0v) is 9.24. The fourth-order valence-corrected chi connectivity index (χ4v) is 2.37. The highest BCUT2D eigenvalue weighted by molar-refractivity contribution is 5.30. The average molecular weight is 209 g/mol. The minimum Gasteiger partial charge on any atom is -0.387 e. The van der Waals surface area contributed by atoms with Gasteiger partial charge in [-0.15, -0.1) is 0 Å². The van der Waals surface area contributed by atoms with Crippen LogP contribution in [0.2, 0.25) is 0 Å². The standard InChI is InChI=1S/C11H19N3O/c1-14-9-5-3-2-4-8(9)11(13-14)10(15)6-7-12/h10,15H,2-7,12H2,1H3. The van der Waals surface area contributed by atoms with E-state index in [2.05, 4.69) is 5.10 Å². The molecular formula is C11H19N3O. The predicted molar refractivity (Wildman–Crippen MR) is 58.5 cm³/mol. The van der Waals surface area contributed by atoms with Crippen molar-refractivity contribution in [2.45, 2.75) is 38.2 Å². The maximum atomic E-state index is 9.93. The summed E-state index contributed by atoms with van der Waals surface area (Å²) >= 11 is 0. The zero-order chi connectivity index (χ0) is 10.8. The third-order valence-corrected chi connectivity index (χ3v) is 3.15. The van der Waals surface area contributed by atoms with Crippen molar-refractivity contribution >= 4 is 0 Å². The largest absolute Gasteiger partial charge is 0.387 e. The summed E-state index contributed by atoms with van der Waals surface area (Å²) in [4.78, 5) is 0. The molecule has 0 spiro atoms. The molecule has 0 aliphatic heterocycles. The van der Waals surface area contributed by atoms with Gasteiger partial charge in [0.2, 0.25) is 0 Å². The Morgan fingerprint density at radius 3 is 2.93 bits per heavy atom. The molecule has 1 unspecified atom stereocenters. The van der Waals surface area contributed by atoms with Crippen molar-refractivity contribution < 1.29 is 5.11 Å². The Kier molecular flexibility index (Phi) is 3.07. The van der Waals surface area contributed by atoms with E-state index < -0.39 is 6.10 Å². The molecule has 0 saturated carbocycles. The molecule has 1 aromatic heterocycles. The van der Waals surface area contributed by atoms with Gasteiger partial charge in [-0.2, -0.15) is 5.10 Å². The molecule has 2 rings (SSSR count). The summed E-state index contributed by atoms with van der Waals surface area (Å²) in [7, 11) is 1.96. The van der Waals surface area contributed by atoms with Crippen LogP contribution < -0.4 is 5.73 Å². The lowest BCUT2D eigenvalue weighted by atomic mass is 9.93. The van der Waals surface area contributed by atoms with Gasteiger partial charge in [0, 0.05) is 12.7 Å². The van der Waals surface area contributed by atoms with E-state index in [9.17, 15) is 5.11 Å². The molecule has 0 amide bonds. The SMILES string of the molecule is Cn1nc(C(O)CCN)c2c1CCCC2. The minimum atomic E-state index is -0.483. The van der Waals surface area contributed by atoms with Crippen molar-refractivity contribution in [3.05, 3.63) is 17.0 Å². The lowest BCUT2D eigenvalue weighted by Gasteiger charge is -2.14. The van der Waals surface area contributed by atoms with Gasteiger partial charge in [-0.25, -0.2) is 0 Å². The van der Waals surface area contributed by atoms with E-state index in [1.54, 1.807) is 0 Å². The highest BCUT2D eigenvalue weighted by Crippen LogP contribution is 2.28. The number of aryl methyl sites for hydroxylation is 1. The first-order chi connectivity index (χ1) is 7.24. The Morgan fingerprint density at radius 1 is 1.47 bits per heavy atom. The van der Waals surface area contributed by atoms with Crippen LogP contribution in [-0.4, -0.2) is 21.4 Å². The van der Waals surface area contributed by atoms with Crippen molar-refractivity contribution in [1.29, 1.82) is 0 Å². The molecule has 4 heteroatoms. The molecule has 1 aliphatic rings. The van der Waals surface area contributed by atoms with E-state index in [1.807, 2.05) is 11.7 Å². The Balaban J connectivity index is 2.31. The van der Waals surface area contributed by atoms with Crippen LogP contribution in [0.1, 0.15) is 42.3 Å². The second-order valence-electron chi connectivity index (χ2n) is 4.23. The molecule has 4 nitrogen and oxygen atoms in total. The van der Waals surface area contributed by atoms with Gasteiger partial charge in [0.15, 0.2) is 0 Å². The van der Waals surface area contributed by atoms with E-state index in [1.165, 1.54) is 24.1 Å². The van der Waals surface area contributed by atoms with Gasteiger partial charge in [0.05, 0.1) is 11.8 Å². The maximum Gasteiger partial charge on any atom is 0.0993 e. The number of nitrogens with two attached hydrogens (primary N) is 1. The summed E-state index contributed by atoms with van der Waals surface area (Å²) < 4.78 is 1.92. The molecule has 15 heavy (non-hydrogen) atoms. The Morgan fingerprint density at radius 2 is 2.20 bits per heavy atom. The Labute approximate surface area is 90.1 Å². The van der Waals surface area contributed by atoms with Crippen LogP contribution in [0.4, 0.5) is 0 Å². The lowest BCUT2D eigenvalue weighted by molar-refractivity contribution is 0.163. The van der Waals surface area contributed by atoms with Gasteiger partial charge in [0.25, 0.3) is 0 Å². The van der Waals surface area contributed by atoms with Gasteiger partial charge >= 0.3 is 0 Å². The first-order valence-electron chi connectivity index (χ1n) is 5.66. The van der Waals surface area contributed by atoms with Crippen LogP contribution in [0.5, 0.6) is 0 Å². The molecule has 1 heterocycles. The average Bonchev–Trinajstić information content (AvgIpc) is 2.58. The predicted octanol–water partition coefficient (Wildman–Crippen LogP) is 0.681. The number of aliphatic hydroxyl groups is 1.